The summed E-state index contributed by atoms with van der Waals surface area (Å²) < 4.78 is 48.5. The van der Waals surface area contributed by atoms with Crippen LogP contribution in [0.15, 0.2) is 47.8 Å². The molecule has 1 aliphatic heterocycles. The number of allylic oxidation sites excluding steroid dienone is 2. The Morgan fingerprint density at radius 1 is 1.21 bits per heavy atom. The lowest BCUT2D eigenvalue weighted by molar-refractivity contribution is 0.0959. The largest absolute Gasteiger partial charge is 0.494 e. The summed E-state index contributed by atoms with van der Waals surface area (Å²) in [4.78, 5) is 16.9. The van der Waals surface area contributed by atoms with E-state index in [4.69, 9.17) is 4.74 Å². The Morgan fingerprint density at radius 3 is 2.62 bits per heavy atom. The quantitative estimate of drug-likeness (QED) is 0.499. The van der Waals surface area contributed by atoms with Gasteiger partial charge in [0.2, 0.25) is 0 Å². The molecular formula is C25H28F3N3O3. The van der Waals surface area contributed by atoms with E-state index >= 15 is 0 Å². The summed E-state index contributed by atoms with van der Waals surface area (Å²) in [6.07, 6.45) is 5.39. The molecule has 0 bridgehead atoms. The van der Waals surface area contributed by atoms with Gasteiger partial charge < -0.3 is 20.5 Å². The molecule has 0 spiro atoms. The molecule has 0 saturated heterocycles. The SMILES string of the molecule is CC[C@H](CC[C@@H](C)O)C1=C(NC(=O)c2ccc(F)c(-c3c(F)ccc(OC)c3F)n2)CNC=C1. The van der Waals surface area contributed by atoms with Crippen LogP contribution in [0.2, 0.25) is 0 Å². The van der Waals surface area contributed by atoms with Gasteiger partial charge in [0.15, 0.2) is 11.6 Å². The van der Waals surface area contributed by atoms with Gasteiger partial charge >= 0.3 is 0 Å². The monoisotopic (exact) mass is 475 g/mol. The van der Waals surface area contributed by atoms with E-state index in [0.717, 1.165) is 42.7 Å². The second-order valence-corrected chi connectivity index (χ2v) is 8.10. The van der Waals surface area contributed by atoms with Gasteiger partial charge in [-0.15, -0.1) is 0 Å². The second kappa shape index (κ2) is 11.2. The van der Waals surface area contributed by atoms with Crippen molar-refractivity contribution >= 4 is 5.91 Å². The Bertz CT molecular complexity index is 1120. The zero-order valence-corrected chi connectivity index (χ0v) is 19.3. The van der Waals surface area contributed by atoms with E-state index in [0.29, 0.717) is 18.7 Å². The van der Waals surface area contributed by atoms with Crippen molar-refractivity contribution in [2.75, 3.05) is 13.7 Å². The summed E-state index contributed by atoms with van der Waals surface area (Å²) in [5.74, 6) is -3.92. The number of hydrogen-bond acceptors (Lipinski definition) is 5. The molecule has 1 aliphatic rings. The molecular weight excluding hydrogens is 447 g/mol. The predicted octanol–water partition coefficient (Wildman–Crippen LogP) is 4.46. The molecule has 34 heavy (non-hydrogen) atoms. The van der Waals surface area contributed by atoms with E-state index in [1.807, 2.05) is 13.0 Å². The number of carbonyl (C=O) groups is 1. The van der Waals surface area contributed by atoms with Crippen LogP contribution in [0.4, 0.5) is 13.2 Å². The van der Waals surface area contributed by atoms with Crippen LogP contribution in [0.5, 0.6) is 5.75 Å². The molecule has 0 fully saturated rings. The Balaban J connectivity index is 1.94. The Labute approximate surface area is 196 Å². The van der Waals surface area contributed by atoms with Crippen molar-refractivity contribution in [2.24, 2.45) is 5.92 Å². The fraction of sp³-hybridized carbons (Fsp3) is 0.360. The number of halogens is 3. The molecule has 3 N–H and O–H groups in total. The lowest BCUT2D eigenvalue weighted by Gasteiger charge is -2.25. The van der Waals surface area contributed by atoms with Crippen molar-refractivity contribution in [2.45, 2.75) is 39.2 Å². The molecule has 2 heterocycles. The van der Waals surface area contributed by atoms with Crippen LogP contribution in [-0.4, -0.2) is 35.8 Å². The van der Waals surface area contributed by atoms with Crippen LogP contribution in [0.1, 0.15) is 43.6 Å². The number of benzene rings is 1. The van der Waals surface area contributed by atoms with E-state index in [2.05, 4.69) is 15.6 Å². The minimum Gasteiger partial charge on any atom is -0.494 e. The highest BCUT2D eigenvalue weighted by atomic mass is 19.1. The number of pyridine rings is 1. The molecule has 0 aliphatic carbocycles. The maximum Gasteiger partial charge on any atom is 0.274 e. The normalized spacial score (nSPS) is 15.0. The van der Waals surface area contributed by atoms with Crippen molar-refractivity contribution in [1.82, 2.24) is 15.6 Å². The summed E-state index contributed by atoms with van der Waals surface area (Å²) in [7, 11) is 1.20. The van der Waals surface area contributed by atoms with Gasteiger partial charge in [0.1, 0.15) is 23.0 Å². The summed E-state index contributed by atoms with van der Waals surface area (Å²) in [5.41, 5.74) is 0.00825. The zero-order chi connectivity index (χ0) is 24.8. The molecule has 0 radical (unpaired) electrons. The summed E-state index contributed by atoms with van der Waals surface area (Å²) >= 11 is 0. The number of aliphatic hydroxyl groups is 1. The first-order chi connectivity index (χ1) is 16.3. The van der Waals surface area contributed by atoms with Crippen LogP contribution < -0.4 is 15.4 Å². The van der Waals surface area contributed by atoms with Gasteiger partial charge in [0, 0.05) is 5.70 Å². The predicted molar refractivity (Wildman–Crippen MR) is 122 cm³/mol. The number of rotatable bonds is 9. The molecule has 2 atom stereocenters. The first kappa shape index (κ1) is 25.3. The van der Waals surface area contributed by atoms with Gasteiger partial charge in [0.05, 0.1) is 25.3 Å². The first-order valence-electron chi connectivity index (χ1n) is 11.1. The molecule has 6 nitrogen and oxygen atoms in total. The minimum absolute atomic E-state index is 0.111. The number of dihydropyridines is 1. The fourth-order valence-electron chi connectivity index (χ4n) is 3.89. The standard InChI is InChI=1S/C25H28F3N3O3/c1-4-15(6-5-14(2)32)16-11-12-29-13-20(16)31-25(33)19-9-7-18(27)24(30-19)22-17(26)8-10-21(34-3)23(22)28/h7-12,14-15,29,32H,4-6,13H2,1-3H3,(H,31,33)/t14-,15-/m1/s1. The molecule has 0 saturated carbocycles. The molecule has 2 aromatic rings. The third kappa shape index (κ3) is 5.59. The van der Waals surface area contributed by atoms with Crippen LogP contribution in [-0.2, 0) is 0 Å². The van der Waals surface area contributed by atoms with Crippen molar-refractivity contribution in [1.29, 1.82) is 0 Å². The maximum atomic E-state index is 14.7. The highest BCUT2D eigenvalue weighted by molar-refractivity contribution is 5.94. The number of aromatic nitrogens is 1. The topological polar surface area (TPSA) is 83.5 Å². The Hall–Kier alpha value is -3.33. The average molecular weight is 476 g/mol. The van der Waals surface area contributed by atoms with Crippen molar-refractivity contribution < 1.29 is 27.8 Å². The van der Waals surface area contributed by atoms with Crippen molar-refractivity contribution in [3.8, 4) is 17.0 Å². The number of hydrogen-bond donors (Lipinski definition) is 3. The fourth-order valence-corrected chi connectivity index (χ4v) is 3.89. The number of nitrogens with one attached hydrogen (secondary N) is 2. The number of ether oxygens (including phenoxy) is 1. The number of carbonyl (C=O) groups excluding carboxylic acids is 1. The lowest BCUT2D eigenvalue weighted by Crippen LogP contribution is -2.33. The summed E-state index contributed by atoms with van der Waals surface area (Å²) in [5, 5.41) is 15.5. The van der Waals surface area contributed by atoms with E-state index in [9.17, 15) is 23.1 Å². The van der Waals surface area contributed by atoms with Crippen LogP contribution in [0.3, 0.4) is 0 Å². The van der Waals surface area contributed by atoms with Crippen LogP contribution in [0.25, 0.3) is 11.3 Å². The average Bonchev–Trinajstić information content (AvgIpc) is 2.81. The van der Waals surface area contributed by atoms with Gasteiger partial charge in [-0.05, 0) is 74.2 Å². The van der Waals surface area contributed by atoms with Crippen LogP contribution in [0, 0.1) is 23.4 Å². The molecule has 1 aromatic heterocycles. The van der Waals surface area contributed by atoms with Gasteiger partial charge in [0.25, 0.3) is 5.91 Å². The van der Waals surface area contributed by atoms with Crippen molar-refractivity contribution in [3.05, 3.63) is 71.0 Å². The maximum absolute atomic E-state index is 14.7. The number of nitrogens with zero attached hydrogens (tertiary/aromatic N) is 1. The molecule has 182 valence electrons. The van der Waals surface area contributed by atoms with E-state index < -0.39 is 40.7 Å². The summed E-state index contributed by atoms with van der Waals surface area (Å²) in [6, 6.07) is 4.13. The van der Waals surface area contributed by atoms with Gasteiger partial charge in [-0.2, -0.15) is 0 Å². The third-order valence-electron chi connectivity index (χ3n) is 5.73. The Kier molecular flexibility index (Phi) is 8.33. The van der Waals surface area contributed by atoms with E-state index in [1.165, 1.54) is 7.11 Å². The first-order valence-corrected chi connectivity index (χ1v) is 11.1. The van der Waals surface area contributed by atoms with Crippen LogP contribution >= 0.6 is 0 Å². The molecule has 9 heteroatoms. The van der Waals surface area contributed by atoms with E-state index in [1.54, 1.807) is 13.1 Å². The van der Waals surface area contributed by atoms with Crippen molar-refractivity contribution in [3.63, 3.8) is 0 Å². The zero-order valence-electron chi connectivity index (χ0n) is 19.3. The van der Waals surface area contributed by atoms with E-state index in [-0.39, 0.29) is 17.4 Å². The number of aliphatic hydroxyl groups excluding tert-OH is 1. The molecule has 3 rings (SSSR count). The molecule has 1 aromatic carbocycles. The number of amides is 1. The minimum atomic E-state index is -1.11. The third-order valence-corrected chi connectivity index (χ3v) is 5.73. The van der Waals surface area contributed by atoms with Gasteiger partial charge in [-0.1, -0.05) is 6.92 Å². The number of methoxy groups -OCH3 is 1. The molecule has 0 unspecified atom stereocenters. The smallest absolute Gasteiger partial charge is 0.274 e. The van der Waals surface area contributed by atoms with Gasteiger partial charge in [-0.25, -0.2) is 18.2 Å². The summed E-state index contributed by atoms with van der Waals surface area (Å²) in [6.45, 7) is 4.11. The molecule has 1 amide bonds. The highest BCUT2D eigenvalue weighted by Crippen LogP contribution is 2.32. The Morgan fingerprint density at radius 2 is 1.94 bits per heavy atom. The van der Waals surface area contributed by atoms with Gasteiger partial charge in [-0.3, -0.25) is 4.79 Å². The lowest BCUT2D eigenvalue weighted by atomic mass is 9.88. The highest BCUT2D eigenvalue weighted by Gasteiger charge is 2.24. The second-order valence-electron chi connectivity index (χ2n) is 8.10.